The molecule has 1 aliphatic heterocycles. The zero-order valence-electron chi connectivity index (χ0n) is 11.5. The molecule has 7 nitrogen and oxygen atoms in total. The SMILES string of the molecule is CC(NC(=O)c1cc(S(N)(=O)=O)cn1C)C1CCCO1. The van der Waals surface area contributed by atoms with Gasteiger partial charge in [0.25, 0.3) is 5.91 Å². The molecule has 0 bridgehead atoms. The minimum atomic E-state index is -3.81. The first kappa shape index (κ1) is 15.0. The van der Waals surface area contributed by atoms with Crippen LogP contribution in [-0.2, 0) is 21.8 Å². The molecule has 1 amide bonds. The van der Waals surface area contributed by atoms with Gasteiger partial charge in [-0.25, -0.2) is 13.6 Å². The summed E-state index contributed by atoms with van der Waals surface area (Å²) in [6, 6.07) is 1.14. The second-order valence-corrected chi connectivity index (χ2v) is 6.59. The molecular weight excluding hydrogens is 282 g/mol. The van der Waals surface area contributed by atoms with E-state index >= 15 is 0 Å². The van der Waals surface area contributed by atoms with E-state index in [1.165, 1.54) is 16.8 Å². The monoisotopic (exact) mass is 301 g/mol. The van der Waals surface area contributed by atoms with Gasteiger partial charge in [-0.1, -0.05) is 0 Å². The average molecular weight is 301 g/mol. The van der Waals surface area contributed by atoms with Crippen LogP contribution in [0.4, 0.5) is 0 Å². The lowest BCUT2D eigenvalue weighted by atomic mass is 10.1. The number of aromatic nitrogens is 1. The third-order valence-electron chi connectivity index (χ3n) is 3.42. The molecule has 1 saturated heterocycles. The predicted molar refractivity (Wildman–Crippen MR) is 72.7 cm³/mol. The number of primary sulfonamides is 1. The largest absolute Gasteiger partial charge is 0.376 e. The third kappa shape index (κ3) is 3.20. The topological polar surface area (TPSA) is 103 Å². The van der Waals surface area contributed by atoms with Gasteiger partial charge in [-0.05, 0) is 25.8 Å². The van der Waals surface area contributed by atoms with E-state index < -0.39 is 10.0 Å². The number of hydrogen-bond acceptors (Lipinski definition) is 4. The van der Waals surface area contributed by atoms with Crippen LogP contribution < -0.4 is 10.5 Å². The summed E-state index contributed by atoms with van der Waals surface area (Å²) in [5, 5.41) is 7.87. The van der Waals surface area contributed by atoms with Crippen molar-refractivity contribution >= 4 is 15.9 Å². The van der Waals surface area contributed by atoms with E-state index in [4.69, 9.17) is 9.88 Å². The molecule has 0 aliphatic carbocycles. The number of nitrogens with two attached hydrogens (primary N) is 1. The zero-order valence-corrected chi connectivity index (χ0v) is 12.3. The van der Waals surface area contributed by atoms with E-state index in [1.807, 2.05) is 6.92 Å². The molecule has 3 N–H and O–H groups in total. The fourth-order valence-corrected chi connectivity index (χ4v) is 2.87. The van der Waals surface area contributed by atoms with Crippen LogP contribution in [0.5, 0.6) is 0 Å². The van der Waals surface area contributed by atoms with Gasteiger partial charge in [0.15, 0.2) is 0 Å². The van der Waals surface area contributed by atoms with Crippen LogP contribution >= 0.6 is 0 Å². The highest BCUT2D eigenvalue weighted by Crippen LogP contribution is 2.16. The lowest BCUT2D eigenvalue weighted by molar-refractivity contribution is 0.0707. The van der Waals surface area contributed by atoms with Crippen molar-refractivity contribution in [2.75, 3.05) is 6.61 Å². The molecule has 1 aromatic heterocycles. The highest BCUT2D eigenvalue weighted by atomic mass is 32.2. The summed E-state index contributed by atoms with van der Waals surface area (Å²) in [5.74, 6) is -0.342. The predicted octanol–water partition coefficient (Wildman–Crippen LogP) is -0.0302. The van der Waals surface area contributed by atoms with Gasteiger partial charge in [-0.15, -0.1) is 0 Å². The number of carbonyl (C=O) groups is 1. The van der Waals surface area contributed by atoms with Gasteiger partial charge >= 0.3 is 0 Å². The van der Waals surface area contributed by atoms with Crippen LogP contribution in [0.25, 0.3) is 0 Å². The molecule has 2 unspecified atom stereocenters. The molecule has 1 fully saturated rings. The number of carbonyl (C=O) groups excluding carboxylic acids is 1. The normalized spacial score (nSPS) is 20.9. The van der Waals surface area contributed by atoms with E-state index in [1.54, 1.807) is 7.05 Å². The lowest BCUT2D eigenvalue weighted by Crippen LogP contribution is -2.41. The Kier molecular flexibility index (Phi) is 4.17. The third-order valence-corrected chi connectivity index (χ3v) is 4.30. The maximum atomic E-state index is 12.1. The van der Waals surface area contributed by atoms with Gasteiger partial charge in [0, 0.05) is 19.9 Å². The summed E-state index contributed by atoms with van der Waals surface area (Å²) >= 11 is 0. The smallest absolute Gasteiger partial charge is 0.268 e. The number of hydrogen-bond donors (Lipinski definition) is 2. The number of aryl methyl sites for hydroxylation is 1. The minimum absolute atomic E-state index is 0.0110. The first-order valence-electron chi connectivity index (χ1n) is 6.40. The fraction of sp³-hybridized carbons (Fsp3) is 0.583. The Balaban J connectivity index is 2.11. The van der Waals surface area contributed by atoms with E-state index in [0.717, 1.165) is 12.8 Å². The quantitative estimate of drug-likeness (QED) is 0.815. The molecule has 0 aromatic carbocycles. The van der Waals surface area contributed by atoms with E-state index in [9.17, 15) is 13.2 Å². The molecule has 0 saturated carbocycles. The van der Waals surface area contributed by atoms with E-state index in [2.05, 4.69) is 5.32 Å². The molecule has 1 aliphatic rings. The lowest BCUT2D eigenvalue weighted by Gasteiger charge is -2.20. The van der Waals surface area contributed by atoms with Crippen LogP contribution in [0.2, 0.25) is 0 Å². The number of nitrogens with one attached hydrogen (secondary N) is 1. The first-order chi connectivity index (χ1) is 9.29. The van der Waals surface area contributed by atoms with Gasteiger partial charge in [0.2, 0.25) is 10.0 Å². The standard InChI is InChI=1S/C12H19N3O4S/c1-8(11-4-3-5-19-11)14-12(16)10-6-9(7-15(10)2)20(13,17)18/h6-8,11H,3-5H2,1-2H3,(H,14,16)(H2,13,17,18). The first-order valence-corrected chi connectivity index (χ1v) is 7.95. The summed E-state index contributed by atoms with van der Waals surface area (Å²) in [7, 11) is -2.21. The van der Waals surface area contributed by atoms with Gasteiger partial charge < -0.3 is 14.6 Å². The fourth-order valence-electron chi connectivity index (χ4n) is 2.29. The maximum absolute atomic E-state index is 12.1. The van der Waals surface area contributed by atoms with Crippen molar-refractivity contribution in [2.24, 2.45) is 12.2 Å². The van der Waals surface area contributed by atoms with Gasteiger partial charge in [-0.2, -0.15) is 0 Å². The van der Waals surface area contributed by atoms with Crippen molar-refractivity contribution in [3.8, 4) is 0 Å². The molecule has 0 spiro atoms. The number of ether oxygens (including phenoxy) is 1. The van der Waals surface area contributed by atoms with Crippen molar-refractivity contribution in [3.63, 3.8) is 0 Å². The Morgan fingerprint density at radius 1 is 1.60 bits per heavy atom. The zero-order chi connectivity index (χ0) is 14.9. The Morgan fingerprint density at radius 2 is 2.30 bits per heavy atom. The Morgan fingerprint density at radius 3 is 2.80 bits per heavy atom. The second-order valence-electron chi connectivity index (χ2n) is 5.03. The minimum Gasteiger partial charge on any atom is -0.376 e. The summed E-state index contributed by atoms with van der Waals surface area (Å²) in [5.41, 5.74) is 0.249. The maximum Gasteiger partial charge on any atom is 0.268 e. The van der Waals surface area contributed by atoms with Crippen LogP contribution in [0.15, 0.2) is 17.2 Å². The molecular formula is C12H19N3O4S. The van der Waals surface area contributed by atoms with Crippen molar-refractivity contribution in [2.45, 2.75) is 36.8 Å². The molecule has 2 heterocycles. The summed E-state index contributed by atoms with van der Waals surface area (Å²) in [6.45, 7) is 2.59. The van der Waals surface area contributed by atoms with Gasteiger partial charge in [0.05, 0.1) is 12.1 Å². The second kappa shape index (κ2) is 5.55. The number of nitrogens with zero attached hydrogens (tertiary/aromatic N) is 1. The number of rotatable bonds is 4. The van der Waals surface area contributed by atoms with Crippen molar-refractivity contribution in [3.05, 3.63) is 18.0 Å². The molecule has 0 radical (unpaired) electrons. The highest BCUT2D eigenvalue weighted by Gasteiger charge is 2.25. The van der Waals surface area contributed by atoms with E-state index in [-0.39, 0.29) is 28.6 Å². The highest BCUT2D eigenvalue weighted by molar-refractivity contribution is 7.89. The van der Waals surface area contributed by atoms with Crippen LogP contribution in [0.1, 0.15) is 30.3 Å². The summed E-state index contributed by atoms with van der Waals surface area (Å²) < 4.78 is 29.5. The molecule has 112 valence electrons. The summed E-state index contributed by atoms with van der Waals surface area (Å²) in [4.78, 5) is 12.1. The van der Waals surface area contributed by atoms with Crippen LogP contribution in [0.3, 0.4) is 0 Å². The van der Waals surface area contributed by atoms with Gasteiger partial charge in [0.1, 0.15) is 10.6 Å². The van der Waals surface area contributed by atoms with Crippen molar-refractivity contribution in [1.82, 2.24) is 9.88 Å². The number of sulfonamides is 1. The number of amides is 1. The van der Waals surface area contributed by atoms with Crippen molar-refractivity contribution in [1.29, 1.82) is 0 Å². The molecule has 1 aromatic rings. The van der Waals surface area contributed by atoms with Gasteiger partial charge in [-0.3, -0.25) is 4.79 Å². The Hall–Kier alpha value is -1.38. The Bertz CT molecular complexity index is 602. The Labute approximate surface area is 118 Å². The molecule has 20 heavy (non-hydrogen) atoms. The average Bonchev–Trinajstić information content (AvgIpc) is 2.95. The summed E-state index contributed by atoms with van der Waals surface area (Å²) in [6.07, 6.45) is 3.24. The molecule has 2 atom stereocenters. The van der Waals surface area contributed by atoms with E-state index in [0.29, 0.717) is 6.61 Å². The van der Waals surface area contributed by atoms with Crippen LogP contribution in [-0.4, -0.2) is 37.6 Å². The molecule has 2 rings (SSSR count). The van der Waals surface area contributed by atoms with Crippen molar-refractivity contribution < 1.29 is 17.9 Å². The van der Waals surface area contributed by atoms with Crippen LogP contribution in [0, 0.1) is 0 Å². The molecule has 8 heteroatoms.